The van der Waals surface area contributed by atoms with Crippen LogP contribution in [-0.4, -0.2) is 21.3 Å². The van der Waals surface area contributed by atoms with Crippen molar-refractivity contribution in [2.75, 3.05) is 21.3 Å². The van der Waals surface area contributed by atoms with E-state index in [4.69, 9.17) is 14.2 Å². The van der Waals surface area contributed by atoms with Gasteiger partial charge in [0.05, 0.1) is 26.7 Å². The van der Waals surface area contributed by atoms with E-state index in [1.807, 2.05) is 0 Å². The topological polar surface area (TPSA) is 27.7 Å². The fourth-order valence-electron chi connectivity index (χ4n) is 14.0. The number of benzene rings is 9. The van der Waals surface area contributed by atoms with Gasteiger partial charge in [0.1, 0.15) is 17.2 Å². The summed E-state index contributed by atoms with van der Waals surface area (Å²) < 4.78 is 17.1. The molecule has 0 radical (unpaired) electrons. The monoisotopic (exact) mass is 1230 g/mol. The van der Waals surface area contributed by atoms with Gasteiger partial charge in [0.15, 0.2) is 0 Å². The third kappa shape index (κ3) is 14.9. The predicted octanol–water partition coefficient (Wildman–Crippen LogP) is 25.5. The Morgan fingerprint density at radius 2 is 0.500 bits per heavy atom. The molecule has 0 saturated heterocycles. The van der Waals surface area contributed by atoms with E-state index in [1.165, 1.54) is 134 Å². The van der Waals surface area contributed by atoms with Gasteiger partial charge >= 0.3 is 0 Å². The van der Waals surface area contributed by atoms with Crippen molar-refractivity contribution in [2.24, 2.45) is 0 Å². The van der Waals surface area contributed by atoms with Crippen LogP contribution in [0, 0.1) is 41.5 Å². The highest BCUT2D eigenvalue weighted by atomic mass is 16.5. The van der Waals surface area contributed by atoms with Gasteiger partial charge in [0.2, 0.25) is 0 Å². The van der Waals surface area contributed by atoms with Crippen molar-refractivity contribution in [3.05, 3.63) is 264 Å². The zero-order valence-electron chi connectivity index (χ0n) is 61.4. The standard InChI is InChI=1S/C40H42O.C25H36O.C24H34O/c1-27(2)35-25-34(26-36(28(3)4)39(35)38-29(5)23-24-37(41-7)30(38)6)40(31-17-11-8-12-18-31,32-19-13-9-14-20-32)33-21-15-10-16-22-33;1-15(2)20-13-19(25(7,8)9)14-21(16(3)4)24(20)23-17(5)11-12-22(26-10)18(23)6;1-14(2)19-12-20(15(3)4)24(21(13-19)16(5)6)23-17(7)10-11-22(25-9)18(23)8/h8-28H,1-7H3;11-16H,1-10H3;10-16H,1-9H3. The van der Waals surface area contributed by atoms with Gasteiger partial charge in [-0.25, -0.2) is 0 Å². The maximum atomic E-state index is 5.81. The molecule has 0 saturated carbocycles. The minimum absolute atomic E-state index is 0.143. The van der Waals surface area contributed by atoms with E-state index in [0.29, 0.717) is 41.4 Å². The Hall–Kier alpha value is -7.62. The van der Waals surface area contributed by atoms with E-state index in [0.717, 1.165) is 17.2 Å². The summed E-state index contributed by atoms with van der Waals surface area (Å²) in [6.45, 7) is 52.5. The van der Waals surface area contributed by atoms with Crippen LogP contribution in [0.4, 0.5) is 0 Å². The Morgan fingerprint density at radius 1 is 0.261 bits per heavy atom. The Balaban J connectivity index is 0.000000206. The molecule has 0 unspecified atom stereocenters. The van der Waals surface area contributed by atoms with Gasteiger partial charge in [-0.3, -0.25) is 0 Å². The second kappa shape index (κ2) is 30.4. The van der Waals surface area contributed by atoms with Crippen molar-refractivity contribution in [1.82, 2.24) is 0 Å². The average Bonchev–Trinajstić information content (AvgIpc) is 0.731. The summed E-state index contributed by atoms with van der Waals surface area (Å²) in [5.41, 5.74) is 31.9. The molecule has 0 spiro atoms. The first-order chi connectivity index (χ1) is 43.5. The number of rotatable bonds is 17. The van der Waals surface area contributed by atoms with Crippen LogP contribution in [0.25, 0.3) is 33.4 Å². The van der Waals surface area contributed by atoms with Crippen molar-refractivity contribution >= 4 is 0 Å². The number of ether oxygens (including phenoxy) is 3. The summed E-state index contributed by atoms with van der Waals surface area (Å²) in [7, 11) is 5.29. The van der Waals surface area contributed by atoms with Crippen molar-refractivity contribution in [3.8, 4) is 50.6 Å². The molecule has 0 aliphatic heterocycles. The van der Waals surface area contributed by atoms with Gasteiger partial charge < -0.3 is 14.2 Å². The average molecular weight is 1230 g/mol. The van der Waals surface area contributed by atoms with Gasteiger partial charge in [0.25, 0.3) is 0 Å². The zero-order valence-corrected chi connectivity index (χ0v) is 61.4. The Bertz CT molecular complexity index is 3750. The van der Waals surface area contributed by atoms with Crippen LogP contribution in [0.2, 0.25) is 0 Å². The summed E-state index contributed by atoms with van der Waals surface area (Å²) in [6, 6.07) is 60.6. The fourth-order valence-corrected chi connectivity index (χ4v) is 14.0. The van der Waals surface area contributed by atoms with E-state index in [1.54, 1.807) is 21.3 Å². The SMILES string of the molecule is COc1ccc(C)c(-c2c(C(C)C)cc(C(C)(C)C)cc2C(C)C)c1C.COc1ccc(C)c(-c2c(C(C)C)cc(C(C)C)cc2C(C)C)c1C.COc1ccc(C)c(-c2c(C(C)C)cc(C(c3ccccc3)(c3ccccc3)c3ccccc3)cc2C(C)C)c1C. The quantitative estimate of drug-likeness (QED) is 0.0851. The first-order valence-electron chi connectivity index (χ1n) is 34.1. The van der Waals surface area contributed by atoms with E-state index in [2.05, 4.69) is 323 Å². The van der Waals surface area contributed by atoms with Gasteiger partial charge in [-0.1, -0.05) is 263 Å². The molecule has 3 nitrogen and oxygen atoms in total. The van der Waals surface area contributed by atoms with Gasteiger partial charge in [-0.05, 0) is 240 Å². The molecule has 0 heterocycles. The molecule has 0 fully saturated rings. The molecule has 92 heavy (non-hydrogen) atoms. The third-order valence-corrected chi connectivity index (χ3v) is 19.2. The predicted molar refractivity (Wildman–Crippen MR) is 399 cm³/mol. The second-order valence-electron chi connectivity index (χ2n) is 29.1. The van der Waals surface area contributed by atoms with Crippen LogP contribution in [0.15, 0.2) is 164 Å². The highest BCUT2D eigenvalue weighted by molar-refractivity contribution is 5.83. The highest BCUT2D eigenvalue weighted by Crippen LogP contribution is 2.51. The van der Waals surface area contributed by atoms with Crippen LogP contribution in [0.3, 0.4) is 0 Å². The van der Waals surface area contributed by atoms with Crippen LogP contribution in [0.5, 0.6) is 17.2 Å². The summed E-state index contributed by atoms with van der Waals surface area (Å²) in [4.78, 5) is 0. The lowest BCUT2D eigenvalue weighted by molar-refractivity contribution is 0.411. The molecule has 9 aromatic carbocycles. The molecule has 9 aromatic rings. The molecular formula is C89H112O3. The molecule has 0 aliphatic carbocycles. The molecule has 9 rings (SSSR count). The smallest absolute Gasteiger partial charge is 0.122 e. The van der Waals surface area contributed by atoms with Crippen molar-refractivity contribution < 1.29 is 14.2 Å². The van der Waals surface area contributed by atoms with Crippen LogP contribution in [0.1, 0.15) is 259 Å². The number of methoxy groups -OCH3 is 3. The van der Waals surface area contributed by atoms with Crippen molar-refractivity contribution in [3.63, 3.8) is 0 Å². The van der Waals surface area contributed by atoms with E-state index < -0.39 is 5.41 Å². The Kier molecular flexibility index (Phi) is 23.7. The fraction of sp³-hybridized carbons (Fsp3) is 0.393. The summed E-state index contributed by atoms with van der Waals surface area (Å²) >= 11 is 0. The lowest BCUT2D eigenvalue weighted by Crippen LogP contribution is -2.31. The normalized spacial score (nSPS) is 11.8. The molecule has 0 aliphatic rings. The largest absolute Gasteiger partial charge is 0.496 e. The van der Waals surface area contributed by atoms with Gasteiger partial charge in [-0.2, -0.15) is 0 Å². The second-order valence-corrected chi connectivity index (χ2v) is 29.1. The van der Waals surface area contributed by atoms with Crippen molar-refractivity contribution in [2.45, 2.75) is 212 Å². The van der Waals surface area contributed by atoms with Crippen LogP contribution in [-0.2, 0) is 10.8 Å². The van der Waals surface area contributed by atoms with E-state index in [9.17, 15) is 0 Å². The highest BCUT2D eigenvalue weighted by Gasteiger charge is 2.40. The molecule has 486 valence electrons. The molecular weight excluding hydrogens is 1120 g/mol. The summed E-state index contributed by atoms with van der Waals surface area (Å²) in [6.07, 6.45) is 0. The van der Waals surface area contributed by atoms with Crippen molar-refractivity contribution in [1.29, 1.82) is 0 Å². The lowest BCUT2D eigenvalue weighted by atomic mass is 9.63. The maximum absolute atomic E-state index is 5.81. The molecule has 0 bridgehead atoms. The van der Waals surface area contributed by atoms with Gasteiger partial charge in [-0.15, -0.1) is 0 Å². The molecule has 0 atom stereocenters. The summed E-state index contributed by atoms with van der Waals surface area (Å²) in [5, 5.41) is 0. The molecule has 0 N–H and O–H groups in total. The summed E-state index contributed by atoms with van der Waals surface area (Å²) in [5.74, 6) is 5.97. The number of hydrogen-bond donors (Lipinski definition) is 0. The maximum Gasteiger partial charge on any atom is 0.122 e. The number of hydrogen-bond acceptors (Lipinski definition) is 3. The molecule has 0 amide bonds. The van der Waals surface area contributed by atoms with Crippen LogP contribution >= 0.6 is 0 Å². The first-order valence-corrected chi connectivity index (χ1v) is 34.1. The minimum atomic E-state index is -0.478. The Labute approximate surface area is 558 Å². The minimum Gasteiger partial charge on any atom is -0.496 e. The van der Waals surface area contributed by atoms with E-state index >= 15 is 0 Å². The first kappa shape index (κ1) is 71.8. The molecule has 3 heteroatoms. The Morgan fingerprint density at radius 3 is 0.717 bits per heavy atom. The van der Waals surface area contributed by atoms with E-state index in [-0.39, 0.29) is 5.41 Å². The number of aryl methyl sites for hydroxylation is 3. The van der Waals surface area contributed by atoms with Gasteiger partial charge in [0, 0.05) is 0 Å². The molecule has 0 aromatic heterocycles. The third-order valence-electron chi connectivity index (χ3n) is 19.2. The zero-order chi connectivity index (χ0) is 67.8. The van der Waals surface area contributed by atoms with Crippen LogP contribution < -0.4 is 14.2 Å². The lowest BCUT2D eigenvalue weighted by Gasteiger charge is -2.38.